The van der Waals surface area contributed by atoms with Gasteiger partial charge < -0.3 is 19.3 Å². The first-order valence-electron chi connectivity index (χ1n) is 13.7. The average molecular weight is 587 g/mol. The summed E-state index contributed by atoms with van der Waals surface area (Å²) in [5.74, 6) is 1.00. The first-order chi connectivity index (χ1) is 19.8. The van der Waals surface area contributed by atoms with Gasteiger partial charge in [0.05, 0.1) is 6.04 Å². The highest BCUT2D eigenvalue weighted by molar-refractivity contribution is 6.28. The number of ether oxygens (including phenoxy) is 1. The van der Waals surface area contributed by atoms with E-state index < -0.39 is 0 Å². The molecule has 1 N–H and O–H groups in total. The van der Waals surface area contributed by atoms with E-state index in [1.54, 1.807) is 24.3 Å². The summed E-state index contributed by atoms with van der Waals surface area (Å²) in [4.78, 5) is 18.1. The lowest BCUT2D eigenvalue weighted by atomic mass is 9.95. The molecule has 0 spiro atoms. The number of nitrogens with zero attached hydrogens (tertiary/aromatic N) is 6. The van der Waals surface area contributed by atoms with Crippen molar-refractivity contribution in [2.75, 3.05) is 44.9 Å². The largest absolute Gasteiger partial charge is 0.400 e. The van der Waals surface area contributed by atoms with Crippen molar-refractivity contribution in [2.24, 2.45) is 7.05 Å². The summed E-state index contributed by atoms with van der Waals surface area (Å²) < 4.78 is 34.1. The quantitative estimate of drug-likeness (QED) is 0.325. The Morgan fingerprint density at radius 1 is 0.902 bits per heavy atom. The van der Waals surface area contributed by atoms with Gasteiger partial charge in [-0.2, -0.15) is 9.97 Å². The molecule has 2 aromatic heterocycles. The molecule has 2 aromatic carbocycles. The van der Waals surface area contributed by atoms with Crippen LogP contribution in [0.1, 0.15) is 42.8 Å². The summed E-state index contributed by atoms with van der Waals surface area (Å²) in [5, 5.41) is 7.19. The maximum absolute atomic E-state index is 13.6. The van der Waals surface area contributed by atoms with Crippen LogP contribution >= 0.6 is 11.6 Å². The zero-order valence-electron chi connectivity index (χ0n) is 23.9. The molecule has 0 aliphatic carbocycles. The van der Waals surface area contributed by atoms with Crippen LogP contribution in [-0.4, -0.2) is 75.5 Å². The van der Waals surface area contributed by atoms with E-state index in [2.05, 4.69) is 31.7 Å². The van der Waals surface area contributed by atoms with Crippen molar-refractivity contribution in [1.29, 1.82) is 0 Å². The second kappa shape index (κ2) is 14.1. The van der Waals surface area contributed by atoms with Crippen LogP contribution in [0.5, 0.6) is 0 Å². The zero-order chi connectivity index (χ0) is 29.5. The highest BCUT2D eigenvalue weighted by atomic mass is 35.5. The number of piperazine rings is 1. The number of hydrogen-bond donors (Lipinski definition) is 1. The van der Waals surface area contributed by atoms with Gasteiger partial charge in [0.15, 0.2) is 17.0 Å². The smallest absolute Gasteiger partial charge is 0.226 e. The van der Waals surface area contributed by atoms with Gasteiger partial charge in [-0.1, -0.05) is 24.3 Å². The summed E-state index contributed by atoms with van der Waals surface area (Å²) in [7, 11) is 2.91. The molecular formula is C30H37ClF2N6O2. The summed E-state index contributed by atoms with van der Waals surface area (Å²) in [6, 6.07) is 13.0. The van der Waals surface area contributed by atoms with Gasteiger partial charge in [0.25, 0.3) is 0 Å². The molecule has 2 saturated heterocycles. The fourth-order valence-electron chi connectivity index (χ4n) is 5.28. The SMILES string of the molecule is C1CCOC1.CO.Cc1nc2c(N3CCN(C(c4ccc(F)cc4)c4ccc(F)cc4)CC3C)nc(Cl)nc2n1C. The molecule has 2 aliphatic heterocycles. The highest BCUT2D eigenvalue weighted by Crippen LogP contribution is 2.34. The van der Waals surface area contributed by atoms with E-state index in [1.807, 2.05) is 18.5 Å². The molecule has 8 nitrogen and oxygen atoms in total. The standard InChI is InChI=1S/C25H25ClF2N6.C4H8O.CH4O/c1-15-14-33(22(17-4-8-19(27)9-5-17)18-6-10-20(28)11-7-18)12-13-34(15)24-21-23(30-25(26)31-24)32(3)16(2)29-21;1-2-4-5-3-1;1-2/h4-11,15,22H,12-14H2,1-3H3;1-4H2;2H,1H3. The lowest BCUT2D eigenvalue weighted by Crippen LogP contribution is -2.53. The van der Waals surface area contributed by atoms with E-state index in [1.165, 1.54) is 37.1 Å². The number of halogens is 3. The van der Waals surface area contributed by atoms with Crippen LogP contribution < -0.4 is 4.90 Å². The number of aliphatic hydroxyl groups excluding tert-OH is 1. The summed E-state index contributed by atoms with van der Waals surface area (Å²) >= 11 is 6.28. The van der Waals surface area contributed by atoms with Gasteiger partial charge in [-0.15, -0.1) is 0 Å². The van der Waals surface area contributed by atoms with Gasteiger partial charge >= 0.3 is 0 Å². The van der Waals surface area contributed by atoms with Crippen molar-refractivity contribution in [2.45, 2.75) is 38.8 Å². The number of anilines is 1. The molecule has 2 fully saturated rings. The summed E-state index contributed by atoms with van der Waals surface area (Å²) in [5.41, 5.74) is 3.36. The molecule has 41 heavy (non-hydrogen) atoms. The van der Waals surface area contributed by atoms with Crippen molar-refractivity contribution < 1.29 is 18.6 Å². The van der Waals surface area contributed by atoms with E-state index in [0.29, 0.717) is 18.7 Å². The van der Waals surface area contributed by atoms with Gasteiger partial charge in [-0.25, -0.2) is 13.8 Å². The number of aryl methyl sites for hydroxylation is 2. The Morgan fingerprint density at radius 2 is 1.46 bits per heavy atom. The minimum absolute atomic E-state index is 0.0913. The molecule has 0 amide bonds. The molecule has 11 heteroatoms. The molecule has 1 unspecified atom stereocenters. The number of benzene rings is 2. The molecule has 220 valence electrons. The lowest BCUT2D eigenvalue weighted by molar-refractivity contribution is 0.187. The van der Waals surface area contributed by atoms with Crippen LogP contribution in [0.2, 0.25) is 5.28 Å². The van der Waals surface area contributed by atoms with Crippen LogP contribution in [0, 0.1) is 18.6 Å². The van der Waals surface area contributed by atoms with Crippen molar-refractivity contribution in [3.05, 3.63) is 82.4 Å². The van der Waals surface area contributed by atoms with Crippen molar-refractivity contribution in [3.63, 3.8) is 0 Å². The molecule has 2 aliphatic rings. The third-order valence-corrected chi connectivity index (χ3v) is 7.56. The number of rotatable bonds is 4. The predicted octanol–water partition coefficient (Wildman–Crippen LogP) is 5.31. The minimum Gasteiger partial charge on any atom is -0.400 e. The Hall–Kier alpha value is -3.18. The number of aromatic nitrogens is 4. The second-order valence-electron chi connectivity index (χ2n) is 10.1. The lowest BCUT2D eigenvalue weighted by Gasteiger charge is -2.44. The third kappa shape index (κ3) is 7.19. The Balaban J connectivity index is 0.000000492. The fraction of sp³-hybridized carbons (Fsp3) is 0.433. The normalized spacial score (nSPS) is 17.3. The monoisotopic (exact) mass is 586 g/mol. The molecule has 0 bridgehead atoms. The van der Waals surface area contributed by atoms with E-state index >= 15 is 0 Å². The Kier molecular flexibility index (Phi) is 10.6. The Morgan fingerprint density at radius 3 is 1.95 bits per heavy atom. The predicted molar refractivity (Wildman–Crippen MR) is 157 cm³/mol. The summed E-state index contributed by atoms with van der Waals surface area (Å²) in [6.07, 6.45) is 2.56. The van der Waals surface area contributed by atoms with Gasteiger partial charge in [0.2, 0.25) is 5.28 Å². The Bertz CT molecular complexity index is 1360. The van der Waals surface area contributed by atoms with Crippen LogP contribution in [0.3, 0.4) is 0 Å². The topological polar surface area (TPSA) is 79.5 Å². The van der Waals surface area contributed by atoms with Crippen LogP contribution in [0.4, 0.5) is 14.6 Å². The van der Waals surface area contributed by atoms with Crippen LogP contribution in [0.25, 0.3) is 11.2 Å². The second-order valence-corrected chi connectivity index (χ2v) is 10.4. The van der Waals surface area contributed by atoms with Crippen LogP contribution in [-0.2, 0) is 11.8 Å². The zero-order valence-corrected chi connectivity index (χ0v) is 24.7. The summed E-state index contributed by atoms with van der Waals surface area (Å²) in [6.45, 7) is 8.19. The van der Waals surface area contributed by atoms with E-state index in [4.69, 9.17) is 21.4 Å². The molecule has 1 atom stereocenters. The number of hydrogen-bond acceptors (Lipinski definition) is 7. The molecule has 4 aromatic rings. The molecule has 0 radical (unpaired) electrons. The van der Waals surface area contributed by atoms with Crippen molar-refractivity contribution >= 4 is 28.6 Å². The van der Waals surface area contributed by atoms with Gasteiger partial charge in [-0.3, -0.25) is 4.90 Å². The van der Waals surface area contributed by atoms with Crippen molar-refractivity contribution in [3.8, 4) is 0 Å². The minimum atomic E-state index is -0.282. The molecule has 6 rings (SSSR count). The van der Waals surface area contributed by atoms with E-state index in [9.17, 15) is 8.78 Å². The first-order valence-corrected chi connectivity index (χ1v) is 14.1. The van der Waals surface area contributed by atoms with Crippen LogP contribution in [0.15, 0.2) is 48.5 Å². The van der Waals surface area contributed by atoms with Gasteiger partial charge in [0, 0.05) is 53.0 Å². The fourth-order valence-corrected chi connectivity index (χ4v) is 5.44. The van der Waals surface area contributed by atoms with E-state index in [0.717, 1.165) is 55.2 Å². The van der Waals surface area contributed by atoms with Gasteiger partial charge in [0.1, 0.15) is 17.5 Å². The third-order valence-electron chi connectivity index (χ3n) is 7.39. The number of aliphatic hydroxyl groups is 1. The maximum atomic E-state index is 13.6. The first kappa shape index (κ1) is 30.8. The maximum Gasteiger partial charge on any atom is 0.226 e. The number of fused-ring (bicyclic) bond motifs is 1. The van der Waals surface area contributed by atoms with Crippen molar-refractivity contribution in [1.82, 2.24) is 24.4 Å². The molecular weight excluding hydrogens is 550 g/mol. The number of imidazole rings is 1. The molecule has 0 saturated carbocycles. The van der Waals surface area contributed by atoms with E-state index in [-0.39, 0.29) is 29.0 Å². The average Bonchev–Trinajstić information content (AvgIpc) is 3.65. The van der Waals surface area contributed by atoms with Gasteiger partial charge in [-0.05, 0) is 73.7 Å². The highest BCUT2D eigenvalue weighted by Gasteiger charge is 2.32. The molecule has 4 heterocycles. The Labute approximate surface area is 244 Å².